The molecule has 10 nitrogen and oxygen atoms in total. The number of nitrogens with one attached hydrogen (secondary N) is 1. The molecule has 1 aliphatic heterocycles. The summed E-state index contributed by atoms with van der Waals surface area (Å²) in [7, 11) is 1.27. The molecule has 3 aromatic heterocycles. The molecule has 3 aromatic rings. The summed E-state index contributed by atoms with van der Waals surface area (Å²) in [6, 6.07) is 1.18. The van der Waals surface area contributed by atoms with Gasteiger partial charge in [0.25, 0.3) is 5.91 Å². The Morgan fingerprint density at radius 1 is 1.19 bits per heavy atom. The van der Waals surface area contributed by atoms with E-state index >= 15 is 0 Å². The predicted molar refractivity (Wildman–Crippen MR) is 125 cm³/mol. The number of methoxy groups -OCH3 is 1. The van der Waals surface area contributed by atoms with Crippen molar-refractivity contribution in [1.29, 1.82) is 0 Å². The van der Waals surface area contributed by atoms with Crippen molar-refractivity contribution in [2.24, 2.45) is 0 Å². The van der Waals surface area contributed by atoms with Crippen LogP contribution in [-0.2, 0) is 11.0 Å². The van der Waals surface area contributed by atoms with E-state index in [0.717, 1.165) is 16.9 Å². The molecule has 0 saturated carbocycles. The van der Waals surface area contributed by atoms with Crippen LogP contribution in [0, 0.1) is 0 Å². The average molecular weight is 523 g/mol. The quantitative estimate of drug-likeness (QED) is 0.472. The van der Waals surface area contributed by atoms with Crippen LogP contribution in [0.25, 0.3) is 16.8 Å². The summed E-state index contributed by atoms with van der Waals surface area (Å²) in [5, 5.41) is 6.49. The number of nitrogens with two attached hydrogens (primary N) is 1. The number of carbonyl (C=O) groups is 2. The fraction of sp³-hybridized carbons (Fsp3) is 0.435. The predicted octanol–water partition coefficient (Wildman–Crippen LogP) is 2.52. The number of alkyl halides is 4. The molecule has 198 valence electrons. The van der Waals surface area contributed by atoms with Crippen LogP contribution in [0.4, 0.5) is 23.4 Å². The zero-order chi connectivity index (χ0) is 27.3. The van der Waals surface area contributed by atoms with Crippen LogP contribution >= 0.6 is 0 Å². The van der Waals surface area contributed by atoms with Crippen LogP contribution in [0.1, 0.15) is 36.7 Å². The Labute approximate surface area is 208 Å². The van der Waals surface area contributed by atoms with Crippen LogP contribution in [0.15, 0.2) is 24.7 Å². The van der Waals surface area contributed by atoms with E-state index < -0.39 is 40.9 Å². The van der Waals surface area contributed by atoms with Gasteiger partial charge in [0.2, 0.25) is 5.88 Å². The summed E-state index contributed by atoms with van der Waals surface area (Å²) in [5.41, 5.74) is 3.23. The van der Waals surface area contributed by atoms with Gasteiger partial charge >= 0.3 is 6.18 Å². The number of aromatic nitrogens is 4. The summed E-state index contributed by atoms with van der Waals surface area (Å²) >= 11 is 0. The maximum atomic E-state index is 14.8. The smallest absolute Gasteiger partial charge is 0.418 e. The Bertz CT molecular complexity index is 1370. The van der Waals surface area contributed by atoms with Crippen molar-refractivity contribution in [1.82, 2.24) is 29.8 Å². The van der Waals surface area contributed by atoms with Gasteiger partial charge in [-0.05, 0) is 32.9 Å². The van der Waals surface area contributed by atoms with Crippen LogP contribution in [0.3, 0.4) is 0 Å². The zero-order valence-corrected chi connectivity index (χ0v) is 20.4. The number of hydrogen-bond donors (Lipinski definition) is 2. The maximum absolute atomic E-state index is 14.8. The molecule has 1 amide bonds. The number of amides is 1. The van der Waals surface area contributed by atoms with Gasteiger partial charge in [0.1, 0.15) is 29.4 Å². The summed E-state index contributed by atoms with van der Waals surface area (Å²) in [4.78, 5) is 34.5. The average Bonchev–Trinajstić information content (AvgIpc) is 3.40. The van der Waals surface area contributed by atoms with Gasteiger partial charge in [-0.1, -0.05) is 0 Å². The Morgan fingerprint density at radius 2 is 1.89 bits per heavy atom. The molecule has 1 fully saturated rings. The van der Waals surface area contributed by atoms with Crippen molar-refractivity contribution < 1.29 is 31.9 Å². The molecule has 0 bridgehead atoms. The maximum Gasteiger partial charge on any atom is 0.418 e. The number of fused-ring (bicyclic) bond motifs is 1. The molecule has 0 aliphatic carbocycles. The third-order valence-corrected chi connectivity index (χ3v) is 6.69. The van der Waals surface area contributed by atoms with Gasteiger partial charge in [-0.3, -0.25) is 14.5 Å². The molecule has 4 heterocycles. The molecular formula is C23H25F4N7O3. The minimum Gasteiger partial charge on any atom is -0.480 e. The summed E-state index contributed by atoms with van der Waals surface area (Å²) < 4.78 is 62.0. The molecule has 2 atom stereocenters. The van der Waals surface area contributed by atoms with E-state index in [-0.39, 0.29) is 47.4 Å². The van der Waals surface area contributed by atoms with Gasteiger partial charge in [-0.25, -0.2) is 18.9 Å². The number of Topliss-reactive ketones (excluding diaryl/α,β-unsaturated/α-hetero) is 1. The van der Waals surface area contributed by atoms with Crippen molar-refractivity contribution >= 4 is 23.0 Å². The number of anilines is 1. The lowest BCUT2D eigenvalue weighted by Crippen LogP contribution is -2.49. The van der Waals surface area contributed by atoms with Crippen molar-refractivity contribution in [3.8, 4) is 17.1 Å². The molecule has 1 aliphatic rings. The lowest BCUT2D eigenvalue weighted by molar-refractivity contribution is -0.136. The van der Waals surface area contributed by atoms with E-state index in [1.165, 1.54) is 26.3 Å². The third-order valence-electron chi connectivity index (χ3n) is 6.69. The van der Waals surface area contributed by atoms with E-state index in [9.17, 15) is 27.2 Å². The number of ether oxygens (including phenoxy) is 1. The first-order valence-corrected chi connectivity index (χ1v) is 11.2. The van der Waals surface area contributed by atoms with E-state index in [0.29, 0.717) is 0 Å². The van der Waals surface area contributed by atoms with E-state index in [1.54, 1.807) is 18.7 Å². The minimum atomic E-state index is -4.75. The zero-order valence-electron chi connectivity index (χ0n) is 20.4. The number of carbonyl (C=O) groups excluding carboxylic acids is 2. The number of nitrogens with zero attached hydrogens (tertiary/aromatic N) is 5. The highest BCUT2D eigenvalue weighted by molar-refractivity contribution is 5.98. The topological polar surface area (TPSA) is 128 Å². The summed E-state index contributed by atoms with van der Waals surface area (Å²) in [6.45, 7) is 4.80. The highest BCUT2D eigenvalue weighted by Gasteiger charge is 2.43. The van der Waals surface area contributed by atoms with E-state index in [2.05, 4.69) is 20.4 Å². The third kappa shape index (κ3) is 4.68. The molecule has 4 rings (SSSR count). The lowest BCUT2D eigenvalue weighted by Gasteiger charge is -2.32. The Morgan fingerprint density at radius 3 is 2.51 bits per heavy atom. The summed E-state index contributed by atoms with van der Waals surface area (Å²) in [6.07, 6.45) is -3.97. The van der Waals surface area contributed by atoms with Crippen LogP contribution in [0.2, 0.25) is 0 Å². The van der Waals surface area contributed by atoms with Gasteiger partial charge in [-0.2, -0.15) is 18.3 Å². The molecule has 0 unspecified atom stereocenters. The van der Waals surface area contributed by atoms with Crippen LogP contribution in [0.5, 0.6) is 5.88 Å². The first-order chi connectivity index (χ1) is 17.3. The molecular weight excluding hydrogens is 498 g/mol. The van der Waals surface area contributed by atoms with Crippen molar-refractivity contribution in [3.05, 3.63) is 35.8 Å². The second kappa shape index (κ2) is 9.25. The van der Waals surface area contributed by atoms with Crippen molar-refractivity contribution in [3.63, 3.8) is 0 Å². The Balaban J connectivity index is 1.70. The fourth-order valence-corrected chi connectivity index (χ4v) is 4.23. The van der Waals surface area contributed by atoms with E-state index in [4.69, 9.17) is 10.5 Å². The van der Waals surface area contributed by atoms with Crippen molar-refractivity contribution in [2.75, 3.05) is 25.9 Å². The molecule has 0 aromatic carbocycles. The highest BCUT2D eigenvalue weighted by Crippen LogP contribution is 2.39. The normalized spacial score (nSPS) is 18.8. The lowest BCUT2D eigenvalue weighted by atomic mass is 9.98. The molecule has 3 N–H and O–H groups in total. The van der Waals surface area contributed by atoms with Gasteiger partial charge < -0.3 is 15.8 Å². The molecule has 0 spiro atoms. The van der Waals surface area contributed by atoms with Gasteiger partial charge in [0.05, 0.1) is 29.9 Å². The van der Waals surface area contributed by atoms with Gasteiger partial charge in [0.15, 0.2) is 5.82 Å². The van der Waals surface area contributed by atoms with Crippen molar-refractivity contribution in [2.45, 2.75) is 44.7 Å². The Kier molecular flexibility index (Phi) is 6.56. The second-order valence-electron chi connectivity index (χ2n) is 9.24. The number of rotatable bonds is 6. The van der Waals surface area contributed by atoms with Crippen LogP contribution < -0.4 is 15.8 Å². The first-order valence-electron chi connectivity index (χ1n) is 11.2. The molecule has 37 heavy (non-hydrogen) atoms. The monoisotopic (exact) mass is 523 g/mol. The molecule has 14 heteroatoms. The number of hydrogen-bond acceptors (Lipinski definition) is 8. The highest BCUT2D eigenvalue weighted by atomic mass is 19.4. The fourth-order valence-electron chi connectivity index (χ4n) is 4.23. The van der Waals surface area contributed by atoms with Crippen LogP contribution in [-0.4, -0.2) is 74.1 Å². The summed E-state index contributed by atoms with van der Waals surface area (Å²) in [5.74, 6) is -1.37. The number of nitrogen functional groups attached to an aromatic ring is 1. The second-order valence-corrected chi connectivity index (χ2v) is 9.24. The van der Waals surface area contributed by atoms with Gasteiger partial charge in [0, 0.05) is 24.8 Å². The molecule has 1 saturated heterocycles. The molecule has 0 radical (unpaired) electrons. The number of likely N-dealkylation sites (tertiary alicyclic amines) is 1. The minimum absolute atomic E-state index is 0.0424. The van der Waals surface area contributed by atoms with Gasteiger partial charge in [-0.15, -0.1) is 0 Å². The largest absolute Gasteiger partial charge is 0.480 e. The van der Waals surface area contributed by atoms with E-state index in [1.807, 2.05) is 0 Å². The number of pyridine rings is 1. The Hall–Kier alpha value is -3.81. The first kappa shape index (κ1) is 26.3. The SMILES string of the molecule is COc1ncc(-c2cc(C(F)(F)F)c3c(N)ncnn23)cc1C(=O)N[C@@H]1CN(C(C)(C)C(C)=O)C[C@@H]1F. The number of ketones is 1. The standard InChI is InChI=1S/C23H25F4N7O3/c1-11(35)22(2,3)33-8-15(24)16(9-33)32-20(36)13-5-12(7-29-21(13)37-4)17-6-14(23(25,26)27)18-19(28)30-10-31-34(17)18/h5-7,10,15-16H,8-9H2,1-4H3,(H,32,36)(H2,28,30,31)/t15-,16+/m0/s1. The number of halogens is 4.